The summed E-state index contributed by atoms with van der Waals surface area (Å²) in [6, 6.07) is 8.67. The summed E-state index contributed by atoms with van der Waals surface area (Å²) in [6.07, 6.45) is -4.51. The van der Waals surface area contributed by atoms with Crippen molar-refractivity contribution in [3.05, 3.63) is 53.0 Å². The van der Waals surface area contributed by atoms with Crippen LogP contribution < -0.4 is 10.2 Å². The first-order valence-corrected chi connectivity index (χ1v) is 8.98. The van der Waals surface area contributed by atoms with Crippen molar-refractivity contribution in [2.75, 3.05) is 31.1 Å². The maximum Gasteiger partial charge on any atom is 0.433 e. The molecule has 2 heterocycles. The molecule has 0 radical (unpaired) electrons. The number of amides is 2. The van der Waals surface area contributed by atoms with Gasteiger partial charge in [-0.2, -0.15) is 13.2 Å². The number of nitrogens with one attached hydrogen (secondary N) is 1. The third-order valence-electron chi connectivity index (χ3n) is 4.57. The maximum absolute atomic E-state index is 13.0. The fraction of sp³-hybridized carbons (Fsp3) is 0.421. The maximum atomic E-state index is 13.0. The molecule has 28 heavy (non-hydrogen) atoms. The molecular formula is C19H22F3N5O. The van der Waals surface area contributed by atoms with Crippen molar-refractivity contribution < 1.29 is 18.0 Å². The van der Waals surface area contributed by atoms with Gasteiger partial charge in [-0.15, -0.1) is 0 Å². The second kappa shape index (κ2) is 8.04. The highest BCUT2D eigenvalue weighted by atomic mass is 19.4. The molecular weight excluding hydrogens is 371 g/mol. The largest absolute Gasteiger partial charge is 0.433 e. The van der Waals surface area contributed by atoms with Crippen LogP contribution in [0.2, 0.25) is 0 Å². The van der Waals surface area contributed by atoms with Gasteiger partial charge in [0, 0.05) is 38.8 Å². The molecule has 0 spiro atoms. The van der Waals surface area contributed by atoms with E-state index in [9.17, 15) is 18.0 Å². The SMILES string of the molecule is Cc1ccc(CNC(=O)N2CCN(c3cc(C(F)(F)F)nc(C)n3)CC2)cc1. The Morgan fingerprint density at radius 2 is 1.71 bits per heavy atom. The van der Waals surface area contributed by atoms with Gasteiger partial charge in [-0.25, -0.2) is 14.8 Å². The number of anilines is 1. The molecule has 0 aliphatic carbocycles. The van der Waals surface area contributed by atoms with Crippen LogP contribution in [0.5, 0.6) is 0 Å². The van der Waals surface area contributed by atoms with Gasteiger partial charge in [-0.3, -0.25) is 0 Å². The minimum absolute atomic E-state index is 0.0723. The number of urea groups is 1. The lowest BCUT2D eigenvalue weighted by atomic mass is 10.1. The van der Waals surface area contributed by atoms with Gasteiger partial charge < -0.3 is 15.1 Å². The fourth-order valence-corrected chi connectivity index (χ4v) is 2.99. The molecule has 0 saturated carbocycles. The van der Waals surface area contributed by atoms with Crippen LogP contribution in [0.25, 0.3) is 0 Å². The van der Waals surface area contributed by atoms with Crippen LogP contribution in [-0.4, -0.2) is 47.1 Å². The van der Waals surface area contributed by atoms with Crippen LogP contribution in [0.15, 0.2) is 30.3 Å². The quantitative estimate of drug-likeness (QED) is 0.870. The molecule has 9 heteroatoms. The Hall–Kier alpha value is -2.84. The zero-order valence-electron chi connectivity index (χ0n) is 15.8. The van der Waals surface area contributed by atoms with Crippen molar-refractivity contribution in [1.82, 2.24) is 20.2 Å². The van der Waals surface area contributed by atoms with E-state index in [0.717, 1.165) is 17.2 Å². The molecule has 1 saturated heterocycles. The van der Waals surface area contributed by atoms with Crippen molar-refractivity contribution in [3.8, 4) is 0 Å². The Labute approximate surface area is 161 Å². The van der Waals surface area contributed by atoms with Gasteiger partial charge in [0.1, 0.15) is 17.3 Å². The molecule has 0 unspecified atom stereocenters. The van der Waals surface area contributed by atoms with Crippen LogP contribution in [0.3, 0.4) is 0 Å². The molecule has 1 aliphatic heterocycles. The molecule has 2 amide bonds. The highest BCUT2D eigenvalue weighted by Crippen LogP contribution is 2.29. The lowest BCUT2D eigenvalue weighted by Gasteiger charge is -2.35. The van der Waals surface area contributed by atoms with Crippen molar-refractivity contribution in [1.29, 1.82) is 0 Å². The minimum atomic E-state index is -4.51. The van der Waals surface area contributed by atoms with Gasteiger partial charge in [-0.1, -0.05) is 29.8 Å². The molecule has 150 valence electrons. The van der Waals surface area contributed by atoms with Gasteiger partial charge in [0.2, 0.25) is 0 Å². The number of rotatable bonds is 3. The number of hydrogen-bond donors (Lipinski definition) is 1. The van der Waals surface area contributed by atoms with E-state index in [4.69, 9.17) is 0 Å². The Bertz CT molecular complexity index is 830. The molecule has 0 bridgehead atoms. The Morgan fingerprint density at radius 1 is 1.07 bits per heavy atom. The van der Waals surface area contributed by atoms with Crippen LogP contribution in [-0.2, 0) is 12.7 Å². The number of halogens is 3. The lowest BCUT2D eigenvalue weighted by molar-refractivity contribution is -0.141. The highest BCUT2D eigenvalue weighted by Gasteiger charge is 2.34. The highest BCUT2D eigenvalue weighted by molar-refractivity contribution is 5.74. The van der Waals surface area contributed by atoms with Gasteiger partial charge >= 0.3 is 12.2 Å². The van der Waals surface area contributed by atoms with Crippen molar-refractivity contribution in [3.63, 3.8) is 0 Å². The third kappa shape index (κ3) is 4.90. The Morgan fingerprint density at radius 3 is 2.32 bits per heavy atom. The molecule has 1 fully saturated rings. The minimum Gasteiger partial charge on any atom is -0.353 e. The monoisotopic (exact) mass is 393 g/mol. The molecule has 1 aromatic heterocycles. The predicted molar refractivity (Wildman–Crippen MR) is 99.0 cm³/mol. The van der Waals surface area contributed by atoms with E-state index in [2.05, 4.69) is 15.3 Å². The van der Waals surface area contributed by atoms with Crippen molar-refractivity contribution in [2.45, 2.75) is 26.6 Å². The van der Waals surface area contributed by atoms with E-state index in [1.807, 2.05) is 31.2 Å². The van der Waals surface area contributed by atoms with Crippen LogP contribution >= 0.6 is 0 Å². The first-order valence-electron chi connectivity index (χ1n) is 8.98. The second-order valence-electron chi connectivity index (χ2n) is 6.77. The van der Waals surface area contributed by atoms with Crippen molar-refractivity contribution in [2.24, 2.45) is 0 Å². The van der Waals surface area contributed by atoms with Crippen LogP contribution in [0, 0.1) is 13.8 Å². The fourth-order valence-electron chi connectivity index (χ4n) is 2.99. The molecule has 3 rings (SSSR count). The number of alkyl halides is 3. The summed E-state index contributed by atoms with van der Waals surface area (Å²) in [5, 5.41) is 2.87. The number of piperazine rings is 1. The van der Waals surface area contributed by atoms with Crippen LogP contribution in [0.1, 0.15) is 22.6 Å². The number of carbonyl (C=O) groups excluding carboxylic acids is 1. The van der Waals surface area contributed by atoms with E-state index >= 15 is 0 Å². The molecule has 1 aromatic carbocycles. The van der Waals surface area contributed by atoms with Gasteiger partial charge in [0.25, 0.3) is 0 Å². The number of nitrogens with zero attached hydrogens (tertiary/aromatic N) is 4. The summed E-state index contributed by atoms with van der Waals surface area (Å²) in [4.78, 5) is 23.3. The smallest absolute Gasteiger partial charge is 0.353 e. The number of benzene rings is 1. The average Bonchev–Trinajstić information content (AvgIpc) is 2.66. The Kier molecular flexibility index (Phi) is 5.71. The zero-order valence-corrected chi connectivity index (χ0v) is 15.8. The molecule has 1 aliphatic rings. The van der Waals surface area contributed by atoms with Crippen molar-refractivity contribution >= 4 is 11.8 Å². The van der Waals surface area contributed by atoms with E-state index in [1.165, 1.54) is 6.92 Å². The first kappa shape index (κ1) is 19.9. The average molecular weight is 393 g/mol. The van der Waals surface area contributed by atoms with E-state index in [0.29, 0.717) is 32.7 Å². The summed E-state index contributed by atoms with van der Waals surface area (Å²) >= 11 is 0. The summed E-state index contributed by atoms with van der Waals surface area (Å²) in [7, 11) is 0. The standard InChI is InChI=1S/C19H22F3N5O/c1-13-3-5-15(6-4-13)12-23-18(28)27-9-7-26(8-10-27)17-11-16(19(20,21)22)24-14(2)25-17/h3-6,11H,7-10,12H2,1-2H3,(H,23,28). The number of aryl methyl sites for hydroxylation is 2. The summed E-state index contributed by atoms with van der Waals surface area (Å²) in [6.45, 7) is 5.50. The normalized spacial score (nSPS) is 14.9. The molecule has 1 N–H and O–H groups in total. The topological polar surface area (TPSA) is 61.4 Å². The first-order chi connectivity index (χ1) is 13.2. The summed E-state index contributed by atoms with van der Waals surface area (Å²) in [5.74, 6) is 0.308. The molecule has 2 aromatic rings. The van der Waals surface area contributed by atoms with Gasteiger partial charge in [0.15, 0.2) is 0 Å². The predicted octanol–water partition coefficient (Wildman–Crippen LogP) is 3.14. The summed E-state index contributed by atoms with van der Waals surface area (Å²) in [5.41, 5.74) is 1.21. The van der Waals surface area contributed by atoms with Gasteiger partial charge in [0.05, 0.1) is 0 Å². The summed E-state index contributed by atoms with van der Waals surface area (Å²) < 4.78 is 38.9. The van der Waals surface area contributed by atoms with Gasteiger partial charge in [-0.05, 0) is 19.4 Å². The van der Waals surface area contributed by atoms with E-state index < -0.39 is 11.9 Å². The lowest BCUT2D eigenvalue weighted by Crippen LogP contribution is -2.52. The third-order valence-corrected chi connectivity index (χ3v) is 4.57. The number of aromatic nitrogens is 2. The van der Waals surface area contributed by atoms with Crippen LogP contribution in [0.4, 0.5) is 23.8 Å². The Balaban J connectivity index is 1.56. The second-order valence-corrected chi connectivity index (χ2v) is 6.77. The van der Waals surface area contributed by atoms with E-state index in [-0.39, 0.29) is 17.7 Å². The zero-order chi connectivity index (χ0) is 20.3. The van der Waals surface area contributed by atoms with E-state index in [1.54, 1.807) is 9.80 Å². The molecule has 6 nitrogen and oxygen atoms in total. The number of carbonyl (C=O) groups is 1. The number of hydrogen-bond acceptors (Lipinski definition) is 4. The molecule has 0 atom stereocenters.